The van der Waals surface area contributed by atoms with E-state index in [1.54, 1.807) is 6.20 Å². The number of aromatic nitrogens is 1. The lowest BCUT2D eigenvalue weighted by atomic mass is 10.0. The Morgan fingerprint density at radius 2 is 1.61 bits per heavy atom. The van der Waals surface area contributed by atoms with Crippen LogP contribution in [-0.4, -0.2) is 76.9 Å². The molecule has 3 unspecified atom stereocenters. The van der Waals surface area contributed by atoms with Crippen LogP contribution in [0.3, 0.4) is 0 Å². The quantitative estimate of drug-likeness (QED) is 0.0648. The average molecular weight is 532 g/mol. The molecular formula is C23H33N9O6. The van der Waals surface area contributed by atoms with Gasteiger partial charge in [0.15, 0.2) is 5.96 Å². The number of carboxylic acid groups (broad SMARTS) is 1. The number of carbonyl (C=O) groups is 5. The third-order valence-electron chi connectivity index (χ3n) is 5.53. The molecule has 0 saturated heterocycles. The highest BCUT2D eigenvalue weighted by atomic mass is 16.4. The van der Waals surface area contributed by atoms with Crippen LogP contribution < -0.4 is 38.9 Å². The summed E-state index contributed by atoms with van der Waals surface area (Å²) in [4.78, 5) is 68.0. The van der Waals surface area contributed by atoms with E-state index in [0.29, 0.717) is 0 Å². The molecule has 0 aliphatic heterocycles. The van der Waals surface area contributed by atoms with Crippen molar-refractivity contribution in [1.82, 2.24) is 20.9 Å². The standard InChI is InChI=1S/C23H33N9O6/c24-10-19(34)30-16(8-12-11-29-14-5-2-1-4-13(12)14)21(36)31-15(6-3-7-28-23(26)27)20(35)32-17(22(37)38)9-18(25)33/h1-2,4-5,11,15-17,29H,3,6-10,24H2,(H2,25,33)(H,30,34)(H,31,36)(H,32,35)(H,37,38)(H4,26,27,28). The van der Waals surface area contributed by atoms with Crippen molar-refractivity contribution in [2.24, 2.45) is 27.9 Å². The van der Waals surface area contributed by atoms with Gasteiger partial charge in [-0.1, -0.05) is 18.2 Å². The van der Waals surface area contributed by atoms with Crippen LogP contribution in [0.15, 0.2) is 35.5 Å². The monoisotopic (exact) mass is 531 g/mol. The molecule has 38 heavy (non-hydrogen) atoms. The van der Waals surface area contributed by atoms with Gasteiger partial charge in [-0.2, -0.15) is 0 Å². The summed E-state index contributed by atoms with van der Waals surface area (Å²) in [5.74, 6) is -4.74. The lowest BCUT2D eigenvalue weighted by Gasteiger charge is -2.24. The van der Waals surface area contributed by atoms with Gasteiger partial charge >= 0.3 is 5.97 Å². The number of para-hydroxylation sites is 1. The van der Waals surface area contributed by atoms with Gasteiger partial charge in [-0.3, -0.25) is 24.2 Å². The molecule has 2 rings (SSSR count). The fraction of sp³-hybridized carbons (Fsp3) is 0.391. The van der Waals surface area contributed by atoms with Crippen molar-refractivity contribution >= 4 is 46.5 Å². The number of benzene rings is 1. The number of nitrogens with two attached hydrogens (primary N) is 4. The summed E-state index contributed by atoms with van der Waals surface area (Å²) >= 11 is 0. The molecule has 15 heteroatoms. The molecule has 2 aromatic rings. The number of H-pyrrole nitrogens is 1. The summed E-state index contributed by atoms with van der Waals surface area (Å²) in [6.07, 6.45) is 1.39. The second kappa shape index (κ2) is 14.2. The van der Waals surface area contributed by atoms with Crippen molar-refractivity contribution in [2.45, 2.75) is 43.8 Å². The molecule has 3 atom stereocenters. The smallest absolute Gasteiger partial charge is 0.326 e. The molecule has 1 aromatic carbocycles. The lowest BCUT2D eigenvalue weighted by molar-refractivity contribution is -0.143. The zero-order valence-corrected chi connectivity index (χ0v) is 20.6. The van der Waals surface area contributed by atoms with Gasteiger partial charge in [0.1, 0.15) is 18.1 Å². The molecule has 0 radical (unpaired) electrons. The van der Waals surface area contributed by atoms with Gasteiger partial charge in [-0.15, -0.1) is 0 Å². The van der Waals surface area contributed by atoms with Gasteiger partial charge in [0.05, 0.1) is 13.0 Å². The number of nitrogens with zero attached hydrogens (tertiary/aromatic N) is 1. The van der Waals surface area contributed by atoms with E-state index in [-0.39, 0.29) is 38.3 Å². The normalized spacial score (nSPS) is 13.1. The number of carbonyl (C=O) groups excluding carboxylic acids is 4. The van der Waals surface area contributed by atoms with E-state index < -0.39 is 54.1 Å². The number of aromatic amines is 1. The number of amides is 4. The zero-order valence-electron chi connectivity index (χ0n) is 20.6. The topological polar surface area (TPSA) is 274 Å². The Bertz CT molecular complexity index is 1190. The van der Waals surface area contributed by atoms with E-state index in [2.05, 4.69) is 25.9 Å². The fourth-order valence-corrected chi connectivity index (χ4v) is 3.70. The first-order chi connectivity index (χ1) is 18.0. The van der Waals surface area contributed by atoms with E-state index in [1.807, 2.05) is 24.3 Å². The molecule has 4 amide bonds. The van der Waals surface area contributed by atoms with E-state index in [1.165, 1.54) is 0 Å². The number of fused-ring (bicyclic) bond motifs is 1. The van der Waals surface area contributed by atoms with Crippen LogP contribution in [0.2, 0.25) is 0 Å². The van der Waals surface area contributed by atoms with Crippen molar-refractivity contribution in [3.05, 3.63) is 36.0 Å². The van der Waals surface area contributed by atoms with Crippen molar-refractivity contribution in [3.63, 3.8) is 0 Å². The number of guanidine groups is 1. The minimum Gasteiger partial charge on any atom is -0.480 e. The predicted octanol–water partition coefficient (Wildman–Crippen LogP) is -2.86. The van der Waals surface area contributed by atoms with Gasteiger partial charge in [0.25, 0.3) is 0 Å². The van der Waals surface area contributed by atoms with Gasteiger partial charge in [0.2, 0.25) is 23.6 Å². The molecule has 0 fully saturated rings. The van der Waals surface area contributed by atoms with Gasteiger partial charge < -0.3 is 49.0 Å². The summed E-state index contributed by atoms with van der Waals surface area (Å²) in [6.45, 7) is -0.234. The van der Waals surface area contributed by atoms with Crippen LogP contribution >= 0.6 is 0 Å². The first kappa shape index (κ1) is 29.6. The molecule has 0 saturated carbocycles. The second-order valence-electron chi connectivity index (χ2n) is 8.47. The number of aliphatic imine (C=N–C) groups is 1. The molecule has 0 aliphatic rings. The summed E-state index contributed by atoms with van der Waals surface area (Å²) in [5.41, 5.74) is 22.7. The Labute approximate surface area is 217 Å². The number of primary amides is 1. The lowest BCUT2D eigenvalue weighted by Crippen LogP contribution is -2.57. The van der Waals surface area contributed by atoms with Crippen molar-refractivity contribution in [1.29, 1.82) is 0 Å². The molecule has 206 valence electrons. The molecular weight excluding hydrogens is 498 g/mol. The van der Waals surface area contributed by atoms with Crippen molar-refractivity contribution < 1.29 is 29.1 Å². The maximum absolute atomic E-state index is 13.3. The number of nitrogens with one attached hydrogen (secondary N) is 4. The third kappa shape index (κ3) is 9.09. The largest absolute Gasteiger partial charge is 0.480 e. The first-order valence-electron chi connectivity index (χ1n) is 11.7. The number of aliphatic carboxylic acids is 1. The van der Waals surface area contributed by atoms with Crippen molar-refractivity contribution in [2.75, 3.05) is 13.1 Å². The number of rotatable bonds is 15. The van der Waals surface area contributed by atoms with E-state index >= 15 is 0 Å². The molecule has 1 aromatic heterocycles. The Morgan fingerprint density at radius 1 is 0.947 bits per heavy atom. The predicted molar refractivity (Wildman–Crippen MR) is 138 cm³/mol. The Hall–Kier alpha value is -4.66. The van der Waals surface area contributed by atoms with Crippen LogP contribution in [0.25, 0.3) is 10.9 Å². The van der Waals surface area contributed by atoms with Crippen LogP contribution in [0.1, 0.15) is 24.8 Å². The highest BCUT2D eigenvalue weighted by molar-refractivity contribution is 5.95. The minimum absolute atomic E-state index is 0.0158. The third-order valence-corrected chi connectivity index (χ3v) is 5.53. The van der Waals surface area contributed by atoms with Crippen molar-refractivity contribution in [3.8, 4) is 0 Å². The number of carboxylic acids is 1. The maximum Gasteiger partial charge on any atom is 0.326 e. The second-order valence-corrected chi connectivity index (χ2v) is 8.47. The molecule has 0 aliphatic carbocycles. The molecule has 13 N–H and O–H groups in total. The van der Waals surface area contributed by atoms with Crippen LogP contribution in [0, 0.1) is 0 Å². The van der Waals surface area contributed by atoms with Crippen LogP contribution in [0.5, 0.6) is 0 Å². The van der Waals surface area contributed by atoms with E-state index in [0.717, 1.165) is 16.5 Å². The number of hydrogen-bond donors (Lipinski definition) is 9. The van der Waals surface area contributed by atoms with E-state index in [4.69, 9.17) is 22.9 Å². The summed E-state index contributed by atoms with van der Waals surface area (Å²) in [6, 6.07) is 3.42. The molecule has 0 spiro atoms. The highest BCUT2D eigenvalue weighted by Crippen LogP contribution is 2.19. The maximum atomic E-state index is 13.3. The van der Waals surface area contributed by atoms with Crippen LogP contribution in [-0.2, 0) is 30.4 Å². The first-order valence-corrected chi connectivity index (χ1v) is 11.7. The van der Waals surface area contributed by atoms with Gasteiger partial charge in [-0.25, -0.2) is 4.79 Å². The Morgan fingerprint density at radius 3 is 2.24 bits per heavy atom. The molecule has 0 bridgehead atoms. The molecule has 15 nitrogen and oxygen atoms in total. The average Bonchev–Trinajstić information content (AvgIpc) is 3.27. The number of hydrogen-bond acceptors (Lipinski definition) is 7. The fourth-order valence-electron chi connectivity index (χ4n) is 3.70. The highest BCUT2D eigenvalue weighted by Gasteiger charge is 2.30. The van der Waals surface area contributed by atoms with Crippen LogP contribution in [0.4, 0.5) is 0 Å². The summed E-state index contributed by atoms with van der Waals surface area (Å²) in [7, 11) is 0. The summed E-state index contributed by atoms with van der Waals surface area (Å²) < 4.78 is 0. The summed E-state index contributed by atoms with van der Waals surface area (Å²) in [5, 5.41) is 17.5. The Kier molecular flexibility index (Phi) is 11.0. The zero-order chi connectivity index (χ0) is 28.2. The molecule has 1 heterocycles. The van der Waals surface area contributed by atoms with Gasteiger partial charge in [-0.05, 0) is 24.5 Å². The minimum atomic E-state index is -1.60. The SMILES string of the molecule is NCC(=O)NC(Cc1c[nH]c2ccccc12)C(=O)NC(CCCN=C(N)N)C(=O)NC(CC(N)=O)C(=O)O. The van der Waals surface area contributed by atoms with E-state index in [9.17, 15) is 29.1 Å². The Balaban J connectivity index is 2.26. The van der Waals surface area contributed by atoms with Gasteiger partial charge in [0, 0.05) is 30.1 Å².